The van der Waals surface area contributed by atoms with Gasteiger partial charge in [-0.2, -0.15) is 0 Å². The van der Waals surface area contributed by atoms with Crippen LogP contribution >= 0.6 is 0 Å². The Bertz CT molecular complexity index is 578. The second-order valence-electron chi connectivity index (χ2n) is 10.6. The summed E-state index contributed by atoms with van der Waals surface area (Å²) in [5, 5.41) is 21.8. The van der Waals surface area contributed by atoms with Crippen LogP contribution in [0.25, 0.3) is 0 Å². The molecule has 0 aromatic rings. The van der Waals surface area contributed by atoms with E-state index in [4.69, 9.17) is 9.47 Å². The Kier molecular flexibility index (Phi) is 7.29. The molecule has 1 heterocycles. The summed E-state index contributed by atoms with van der Waals surface area (Å²) in [4.78, 5) is 0. The van der Waals surface area contributed by atoms with E-state index in [1.165, 1.54) is 44.9 Å². The monoisotopic (exact) mass is 420 g/mol. The van der Waals surface area contributed by atoms with Gasteiger partial charge < -0.3 is 19.7 Å². The number of aliphatic hydroxyl groups is 2. The van der Waals surface area contributed by atoms with Gasteiger partial charge in [-0.25, -0.2) is 0 Å². The Labute approximate surface area is 183 Å². The molecule has 0 bridgehead atoms. The van der Waals surface area contributed by atoms with Gasteiger partial charge in [-0.1, -0.05) is 70.9 Å². The van der Waals surface area contributed by atoms with Gasteiger partial charge in [0.25, 0.3) is 0 Å². The maximum Gasteiger partial charge on any atom is 0.177 e. The summed E-state index contributed by atoms with van der Waals surface area (Å²) >= 11 is 0. The van der Waals surface area contributed by atoms with E-state index in [1.54, 1.807) is 0 Å². The van der Waals surface area contributed by atoms with Crippen molar-refractivity contribution in [3.63, 3.8) is 0 Å². The lowest BCUT2D eigenvalue weighted by molar-refractivity contribution is -0.389. The van der Waals surface area contributed by atoms with Gasteiger partial charge in [-0.05, 0) is 43.9 Å². The van der Waals surface area contributed by atoms with Gasteiger partial charge in [0.05, 0.1) is 25.4 Å². The van der Waals surface area contributed by atoms with Gasteiger partial charge in [0.15, 0.2) is 5.79 Å². The minimum absolute atomic E-state index is 0.0146. The van der Waals surface area contributed by atoms with Crippen LogP contribution in [0.4, 0.5) is 0 Å². The highest BCUT2D eigenvalue weighted by molar-refractivity contribution is 5.21. The second kappa shape index (κ2) is 9.60. The normalized spacial score (nSPS) is 39.9. The van der Waals surface area contributed by atoms with Crippen LogP contribution in [0.15, 0.2) is 12.2 Å². The zero-order valence-electron chi connectivity index (χ0n) is 19.2. The zero-order chi connectivity index (χ0) is 21.2. The van der Waals surface area contributed by atoms with Gasteiger partial charge in [0.1, 0.15) is 0 Å². The van der Waals surface area contributed by atoms with Crippen LogP contribution in [0, 0.1) is 29.1 Å². The van der Waals surface area contributed by atoms with E-state index < -0.39 is 5.79 Å². The zero-order valence-corrected chi connectivity index (χ0v) is 19.2. The molecule has 4 aliphatic rings. The van der Waals surface area contributed by atoms with Gasteiger partial charge >= 0.3 is 0 Å². The molecule has 1 aliphatic heterocycles. The first-order valence-corrected chi connectivity index (χ1v) is 12.9. The molecule has 3 saturated carbocycles. The molecule has 4 rings (SSSR count). The fourth-order valence-electron chi connectivity index (χ4n) is 7.62. The SMILES string of the molecule is CCCCCC[C@]12CC[C@@H](O)[C@H](/C=C/[C@@H](O)C3CCCCC3)[C@H]1C(C)C21OCCO1. The van der Waals surface area contributed by atoms with E-state index in [2.05, 4.69) is 19.9 Å². The molecular weight excluding hydrogens is 376 g/mol. The number of aliphatic hydroxyl groups excluding tert-OH is 2. The fourth-order valence-corrected chi connectivity index (χ4v) is 7.62. The molecule has 0 aromatic carbocycles. The lowest BCUT2D eigenvalue weighted by Crippen LogP contribution is -2.74. The van der Waals surface area contributed by atoms with Crippen molar-refractivity contribution in [2.24, 2.45) is 29.1 Å². The maximum atomic E-state index is 11.0. The number of hydrogen-bond donors (Lipinski definition) is 2. The van der Waals surface area contributed by atoms with Crippen molar-refractivity contribution in [3.05, 3.63) is 12.2 Å². The number of ether oxygens (including phenoxy) is 2. The molecule has 0 aromatic heterocycles. The molecule has 4 nitrogen and oxygen atoms in total. The highest BCUT2D eigenvalue weighted by Gasteiger charge is 2.75. The van der Waals surface area contributed by atoms with Crippen LogP contribution in [-0.2, 0) is 9.47 Å². The topological polar surface area (TPSA) is 58.9 Å². The summed E-state index contributed by atoms with van der Waals surface area (Å²) in [5.74, 6) is 0.689. The molecule has 3 aliphatic carbocycles. The van der Waals surface area contributed by atoms with E-state index in [1.807, 2.05) is 6.08 Å². The summed E-state index contributed by atoms with van der Waals surface area (Å²) in [6.45, 7) is 5.90. The Morgan fingerprint density at radius 1 is 1.03 bits per heavy atom. The number of fused-ring (bicyclic) bond motifs is 2. The van der Waals surface area contributed by atoms with Crippen molar-refractivity contribution in [2.75, 3.05) is 13.2 Å². The molecule has 1 unspecified atom stereocenters. The Morgan fingerprint density at radius 3 is 2.47 bits per heavy atom. The summed E-state index contributed by atoms with van der Waals surface area (Å²) in [7, 11) is 0. The van der Waals surface area contributed by atoms with Crippen LogP contribution in [0.2, 0.25) is 0 Å². The van der Waals surface area contributed by atoms with Crippen molar-refractivity contribution >= 4 is 0 Å². The van der Waals surface area contributed by atoms with Crippen molar-refractivity contribution in [1.29, 1.82) is 0 Å². The molecule has 1 spiro atoms. The first-order valence-electron chi connectivity index (χ1n) is 12.9. The van der Waals surface area contributed by atoms with E-state index in [0.29, 0.717) is 25.0 Å². The predicted octanol–water partition coefficient (Wildman–Crippen LogP) is 5.22. The predicted molar refractivity (Wildman–Crippen MR) is 119 cm³/mol. The summed E-state index contributed by atoms with van der Waals surface area (Å²) in [6, 6.07) is 0. The number of unbranched alkanes of at least 4 members (excludes halogenated alkanes) is 3. The summed E-state index contributed by atoms with van der Waals surface area (Å²) in [5.41, 5.74) is 0.0146. The standard InChI is InChI=1S/C26H44O4/c1-3-4-5-9-15-25-16-14-23(28)21(12-13-22(27)20-10-7-6-8-11-20)24(25)19(2)26(25)29-17-18-30-26/h12-13,19-24,27-28H,3-11,14-18H2,1-2H3/b13-12+/t19?,21-,22+,23+,24+,25-/m0/s1. The minimum Gasteiger partial charge on any atom is -0.393 e. The molecule has 0 radical (unpaired) electrons. The lowest BCUT2D eigenvalue weighted by atomic mass is 9.40. The Morgan fingerprint density at radius 2 is 1.77 bits per heavy atom. The van der Waals surface area contributed by atoms with Crippen molar-refractivity contribution in [2.45, 2.75) is 109 Å². The molecule has 6 atom stereocenters. The van der Waals surface area contributed by atoms with E-state index in [9.17, 15) is 10.2 Å². The Hall–Kier alpha value is -0.420. The molecule has 4 fully saturated rings. The molecule has 30 heavy (non-hydrogen) atoms. The van der Waals surface area contributed by atoms with Gasteiger partial charge in [0.2, 0.25) is 0 Å². The third-order valence-corrected chi connectivity index (χ3v) is 9.07. The van der Waals surface area contributed by atoms with Gasteiger partial charge in [0, 0.05) is 17.3 Å². The highest BCUT2D eigenvalue weighted by Crippen LogP contribution is 2.71. The number of rotatable bonds is 8. The van der Waals surface area contributed by atoms with E-state index in [-0.39, 0.29) is 29.5 Å². The fraction of sp³-hybridized carbons (Fsp3) is 0.923. The minimum atomic E-state index is -0.446. The van der Waals surface area contributed by atoms with Crippen LogP contribution < -0.4 is 0 Å². The maximum absolute atomic E-state index is 11.0. The average molecular weight is 421 g/mol. The van der Waals surface area contributed by atoms with E-state index >= 15 is 0 Å². The molecule has 0 amide bonds. The van der Waals surface area contributed by atoms with Crippen molar-refractivity contribution < 1.29 is 19.7 Å². The third-order valence-electron chi connectivity index (χ3n) is 9.07. The Balaban J connectivity index is 1.52. The average Bonchev–Trinajstić information content (AvgIpc) is 3.30. The molecule has 1 saturated heterocycles. The van der Waals surface area contributed by atoms with Crippen LogP contribution in [-0.4, -0.2) is 41.4 Å². The van der Waals surface area contributed by atoms with Crippen molar-refractivity contribution in [3.8, 4) is 0 Å². The van der Waals surface area contributed by atoms with Crippen LogP contribution in [0.5, 0.6) is 0 Å². The first kappa shape index (κ1) is 22.8. The quantitative estimate of drug-likeness (QED) is 0.417. The lowest BCUT2D eigenvalue weighted by Gasteiger charge is -2.70. The van der Waals surface area contributed by atoms with Gasteiger partial charge in [-0.15, -0.1) is 0 Å². The third kappa shape index (κ3) is 3.80. The smallest absolute Gasteiger partial charge is 0.177 e. The van der Waals surface area contributed by atoms with Crippen molar-refractivity contribution in [1.82, 2.24) is 0 Å². The largest absolute Gasteiger partial charge is 0.393 e. The van der Waals surface area contributed by atoms with Gasteiger partial charge in [-0.3, -0.25) is 0 Å². The second-order valence-corrected chi connectivity index (χ2v) is 10.6. The van der Waals surface area contributed by atoms with Crippen LogP contribution in [0.1, 0.15) is 90.9 Å². The molecular formula is C26H44O4. The number of hydrogen-bond acceptors (Lipinski definition) is 4. The highest BCUT2D eigenvalue weighted by atomic mass is 16.7. The summed E-state index contributed by atoms with van der Waals surface area (Å²) in [6.07, 6.45) is 17.5. The van der Waals surface area contributed by atoms with E-state index in [0.717, 1.165) is 32.1 Å². The molecule has 2 N–H and O–H groups in total. The van der Waals surface area contributed by atoms with Crippen LogP contribution in [0.3, 0.4) is 0 Å². The molecule has 4 heteroatoms. The molecule has 172 valence electrons. The summed E-state index contributed by atoms with van der Waals surface area (Å²) < 4.78 is 12.7. The first-order chi connectivity index (χ1) is 14.6.